The van der Waals surface area contributed by atoms with Crippen LogP contribution in [0.1, 0.15) is 42.6 Å². The summed E-state index contributed by atoms with van der Waals surface area (Å²) in [6.07, 6.45) is 5.86. The summed E-state index contributed by atoms with van der Waals surface area (Å²) >= 11 is 1.61. The van der Waals surface area contributed by atoms with Crippen LogP contribution in [0.15, 0.2) is 54.6 Å². The number of piperazine rings is 1. The highest BCUT2D eigenvalue weighted by Crippen LogP contribution is 2.31. The van der Waals surface area contributed by atoms with Crippen molar-refractivity contribution in [3.8, 4) is 0 Å². The first kappa shape index (κ1) is 22.6. The highest BCUT2D eigenvalue weighted by molar-refractivity contribution is 7.13. The number of anilines is 1. The van der Waals surface area contributed by atoms with Crippen LogP contribution in [-0.2, 0) is 0 Å². The first-order valence-corrected chi connectivity index (χ1v) is 13.7. The Labute approximate surface area is 210 Å². The zero-order valence-electron chi connectivity index (χ0n) is 20.1. The topological polar surface area (TPSA) is 64.3 Å². The number of hydrogen-bond acceptors (Lipinski definition) is 5. The maximum atomic E-state index is 12.7. The molecule has 3 heterocycles. The SMILES string of the molecule is O=C(N[C@H]1CC[C@@H](CCN2CCN(c3nsc4ccccc34)CC2)CC1)c1cc2ccccc2[nH]1. The number of hydrogen-bond donors (Lipinski definition) is 2. The average molecular weight is 488 g/mol. The number of aromatic amines is 1. The largest absolute Gasteiger partial charge is 0.353 e. The number of aromatic nitrogens is 2. The van der Waals surface area contributed by atoms with Crippen LogP contribution in [0, 0.1) is 5.92 Å². The molecule has 2 fully saturated rings. The number of nitrogens with one attached hydrogen (secondary N) is 2. The minimum Gasteiger partial charge on any atom is -0.353 e. The predicted molar refractivity (Wildman–Crippen MR) is 144 cm³/mol. The van der Waals surface area contributed by atoms with E-state index in [1.54, 1.807) is 11.5 Å². The smallest absolute Gasteiger partial charge is 0.267 e. The molecule has 0 atom stereocenters. The maximum absolute atomic E-state index is 12.7. The van der Waals surface area contributed by atoms with Crippen molar-refractivity contribution in [1.29, 1.82) is 0 Å². The second kappa shape index (κ2) is 9.99. The molecule has 7 heteroatoms. The zero-order chi connectivity index (χ0) is 23.6. The fraction of sp³-hybridized carbons (Fsp3) is 0.429. The molecule has 4 aromatic rings. The van der Waals surface area contributed by atoms with Gasteiger partial charge in [0.2, 0.25) is 0 Å². The van der Waals surface area contributed by atoms with Gasteiger partial charge in [0.1, 0.15) is 11.5 Å². The van der Waals surface area contributed by atoms with Gasteiger partial charge in [0.25, 0.3) is 5.91 Å². The van der Waals surface area contributed by atoms with Crippen LogP contribution in [0.3, 0.4) is 0 Å². The number of para-hydroxylation sites is 1. The molecule has 0 unspecified atom stereocenters. The second-order valence-electron chi connectivity index (χ2n) is 10.1. The number of rotatable bonds is 6. The van der Waals surface area contributed by atoms with Crippen molar-refractivity contribution in [1.82, 2.24) is 19.6 Å². The number of carbonyl (C=O) groups is 1. The average Bonchev–Trinajstić information content (AvgIpc) is 3.53. The molecule has 2 aliphatic rings. The van der Waals surface area contributed by atoms with Gasteiger partial charge in [0.05, 0.1) is 4.70 Å². The highest BCUT2D eigenvalue weighted by atomic mass is 32.1. The van der Waals surface area contributed by atoms with Crippen LogP contribution < -0.4 is 10.2 Å². The van der Waals surface area contributed by atoms with Crippen molar-refractivity contribution in [3.05, 3.63) is 60.3 Å². The number of nitrogens with zero attached hydrogens (tertiary/aromatic N) is 3. The summed E-state index contributed by atoms with van der Waals surface area (Å²) in [5.41, 5.74) is 1.68. The standard InChI is InChI=1S/C28H33N5OS/c34-28(25-19-21-5-1-3-7-24(21)30-25)29-22-11-9-20(10-12-22)13-14-32-15-17-33(18-16-32)27-23-6-2-4-8-26(23)35-31-27/h1-8,19-20,22,30H,9-18H2,(H,29,34)/t20-,22+. The highest BCUT2D eigenvalue weighted by Gasteiger charge is 2.25. The predicted octanol–water partition coefficient (Wildman–Crippen LogP) is 5.28. The molecule has 2 aromatic carbocycles. The second-order valence-corrected chi connectivity index (χ2v) is 10.9. The molecule has 0 spiro atoms. The number of benzene rings is 2. The van der Waals surface area contributed by atoms with Crippen LogP contribution in [0.2, 0.25) is 0 Å². The van der Waals surface area contributed by atoms with Crippen LogP contribution in [0.25, 0.3) is 21.0 Å². The van der Waals surface area contributed by atoms with Crippen LogP contribution >= 0.6 is 11.5 Å². The molecule has 0 radical (unpaired) electrons. The minimum atomic E-state index is 0.0235. The van der Waals surface area contributed by atoms with E-state index in [4.69, 9.17) is 4.37 Å². The Bertz CT molecular complexity index is 1260. The van der Waals surface area contributed by atoms with E-state index in [2.05, 4.69) is 44.4 Å². The molecule has 6 rings (SSSR count). The van der Waals surface area contributed by atoms with Gasteiger partial charge in [-0.25, -0.2) is 0 Å². The molecule has 2 N–H and O–H groups in total. The third kappa shape index (κ3) is 4.93. The number of amides is 1. The van der Waals surface area contributed by atoms with Gasteiger partial charge in [0, 0.05) is 48.5 Å². The quantitative estimate of drug-likeness (QED) is 0.388. The normalized spacial score (nSPS) is 21.5. The van der Waals surface area contributed by atoms with Gasteiger partial charge in [-0.15, -0.1) is 0 Å². The molecule has 1 aliphatic heterocycles. The van der Waals surface area contributed by atoms with Crippen LogP contribution in [-0.4, -0.2) is 58.9 Å². The summed E-state index contributed by atoms with van der Waals surface area (Å²) in [6.45, 7) is 5.52. The lowest BCUT2D eigenvalue weighted by molar-refractivity contribution is 0.0915. The molecule has 1 aliphatic carbocycles. The first-order valence-electron chi connectivity index (χ1n) is 12.9. The Balaban J connectivity index is 0.930. The Morgan fingerprint density at radius 2 is 1.77 bits per heavy atom. The summed E-state index contributed by atoms with van der Waals surface area (Å²) in [5, 5.41) is 5.64. The van der Waals surface area contributed by atoms with E-state index in [0.717, 1.165) is 61.7 Å². The fourth-order valence-corrected chi connectivity index (χ4v) is 6.50. The molecule has 0 bridgehead atoms. The molecule has 1 amide bonds. The maximum Gasteiger partial charge on any atom is 0.267 e. The molecular weight excluding hydrogens is 454 g/mol. The molecule has 35 heavy (non-hydrogen) atoms. The van der Waals surface area contributed by atoms with Gasteiger partial charge in [0.15, 0.2) is 0 Å². The van der Waals surface area contributed by atoms with Crippen molar-refractivity contribution >= 4 is 44.2 Å². The summed E-state index contributed by atoms with van der Waals surface area (Å²) in [5.74, 6) is 1.96. The van der Waals surface area contributed by atoms with Gasteiger partial charge >= 0.3 is 0 Å². The number of H-pyrrole nitrogens is 1. The van der Waals surface area contributed by atoms with E-state index >= 15 is 0 Å². The van der Waals surface area contributed by atoms with E-state index in [0.29, 0.717) is 11.7 Å². The third-order valence-corrected chi connectivity index (χ3v) is 8.66. The van der Waals surface area contributed by atoms with Crippen molar-refractivity contribution < 1.29 is 4.79 Å². The van der Waals surface area contributed by atoms with Gasteiger partial charge in [-0.2, -0.15) is 4.37 Å². The van der Waals surface area contributed by atoms with E-state index in [1.165, 1.54) is 35.9 Å². The Hall–Kier alpha value is -2.90. The van der Waals surface area contributed by atoms with Gasteiger partial charge < -0.3 is 15.2 Å². The van der Waals surface area contributed by atoms with E-state index in [9.17, 15) is 4.79 Å². The van der Waals surface area contributed by atoms with Crippen molar-refractivity contribution in [2.45, 2.75) is 38.1 Å². The summed E-state index contributed by atoms with van der Waals surface area (Å²) in [7, 11) is 0. The molecule has 6 nitrogen and oxygen atoms in total. The lowest BCUT2D eigenvalue weighted by Gasteiger charge is -2.36. The lowest BCUT2D eigenvalue weighted by atomic mass is 9.84. The summed E-state index contributed by atoms with van der Waals surface area (Å²) < 4.78 is 6.01. The van der Waals surface area contributed by atoms with Crippen LogP contribution in [0.4, 0.5) is 5.82 Å². The fourth-order valence-electron chi connectivity index (χ4n) is 5.70. The van der Waals surface area contributed by atoms with Crippen molar-refractivity contribution in [2.24, 2.45) is 5.92 Å². The number of carbonyl (C=O) groups excluding carboxylic acids is 1. The van der Waals surface area contributed by atoms with E-state index < -0.39 is 0 Å². The van der Waals surface area contributed by atoms with E-state index in [1.807, 2.05) is 30.3 Å². The Morgan fingerprint density at radius 1 is 1.00 bits per heavy atom. The van der Waals surface area contributed by atoms with Crippen LogP contribution in [0.5, 0.6) is 0 Å². The molecule has 2 aromatic heterocycles. The molecule has 182 valence electrons. The molecule has 1 saturated carbocycles. The lowest BCUT2D eigenvalue weighted by Crippen LogP contribution is -2.47. The van der Waals surface area contributed by atoms with Crippen molar-refractivity contribution in [3.63, 3.8) is 0 Å². The summed E-state index contributed by atoms with van der Waals surface area (Å²) in [4.78, 5) is 21.0. The molecular formula is C28H33N5OS. The minimum absolute atomic E-state index is 0.0235. The zero-order valence-corrected chi connectivity index (χ0v) is 20.9. The van der Waals surface area contributed by atoms with E-state index in [-0.39, 0.29) is 5.91 Å². The summed E-state index contributed by atoms with van der Waals surface area (Å²) in [6, 6.07) is 18.8. The van der Waals surface area contributed by atoms with Crippen molar-refractivity contribution in [2.75, 3.05) is 37.6 Å². The number of fused-ring (bicyclic) bond motifs is 2. The van der Waals surface area contributed by atoms with Gasteiger partial charge in [-0.1, -0.05) is 30.3 Å². The Morgan fingerprint density at radius 3 is 2.60 bits per heavy atom. The van der Waals surface area contributed by atoms with Gasteiger partial charge in [-0.05, 0) is 80.4 Å². The monoisotopic (exact) mass is 487 g/mol. The third-order valence-electron chi connectivity index (χ3n) is 7.84. The van der Waals surface area contributed by atoms with Gasteiger partial charge in [-0.3, -0.25) is 9.69 Å². The first-order chi connectivity index (χ1) is 17.2. The molecule has 1 saturated heterocycles. The Kier molecular flexibility index (Phi) is 6.44.